The van der Waals surface area contributed by atoms with Crippen LogP contribution >= 0.6 is 0 Å². The molecule has 0 bridgehead atoms. The highest BCUT2D eigenvalue weighted by Gasteiger charge is 2.16. The summed E-state index contributed by atoms with van der Waals surface area (Å²) in [5.74, 6) is -0.281. The third-order valence-corrected chi connectivity index (χ3v) is 2.95. The van der Waals surface area contributed by atoms with E-state index in [1.807, 2.05) is 0 Å². The Labute approximate surface area is 110 Å². The van der Waals surface area contributed by atoms with Crippen molar-refractivity contribution in [3.63, 3.8) is 0 Å². The van der Waals surface area contributed by atoms with Gasteiger partial charge >= 0.3 is 0 Å². The van der Waals surface area contributed by atoms with Crippen LogP contribution in [0.1, 0.15) is 22.7 Å². The summed E-state index contributed by atoms with van der Waals surface area (Å²) in [6.45, 7) is 1.78. The van der Waals surface area contributed by atoms with Gasteiger partial charge in [-0.2, -0.15) is 0 Å². The maximum absolute atomic E-state index is 13.4. The summed E-state index contributed by atoms with van der Waals surface area (Å²) in [5.41, 5.74) is 7.93. The van der Waals surface area contributed by atoms with Gasteiger partial charge in [-0.15, -0.1) is 0 Å². The van der Waals surface area contributed by atoms with Crippen molar-refractivity contribution >= 4 is 0 Å². The molecule has 100 valence electrons. The molecular formula is C15H15F2NO. The summed E-state index contributed by atoms with van der Waals surface area (Å²) >= 11 is 0. The van der Waals surface area contributed by atoms with Gasteiger partial charge in [0.05, 0.1) is 13.2 Å². The van der Waals surface area contributed by atoms with Crippen molar-refractivity contribution in [1.29, 1.82) is 0 Å². The lowest BCUT2D eigenvalue weighted by atomic mass is 9.97. The molecule has 0 heterocycles. The van der Waals surface area contributed by atoms with E-state index in [1.54, 1.807) is 13.0 Å². The molecule has 0 aromatic heterocycles. The van der Waals surface area contributed by atoms with Crippen LogP contribution in [0.15, 0.2) is 36.4 Å². The fourth-order valence-electron chi connectivity index (χ4n) is 2.07. The minimum absolute atomic E-state index is 0.360. The fourth-order valence-corrected chi connectivity index (χ4v) is 2.07. The van der Waals surface area contributed by atoms with Crippen molar-refractivity contribution in [2.75, 3.05) is 7.11 Å². The van der Waals surface area contributed by atoms with E-state index in [0.29, 0.717) is 16.9 Å². The van der Waals surface area contributed by atoms with Crippen molar-refractivity contribution < 1.29 is 13.5 Å². The first-order chi connectivity index (χ1) is 9.01. The summed E-state index contributed by atoms with van der Waals surface area (Å²) in [6.07, 6.45) is 0. The lowest BCUT2D eigenvalue weighted by Gasteiger charge is -2.17. The van der Waals surface area contributed by atoms with Gasteiger partial charge in [-0.25, -0.2) is 8.78 Å². The van der Waals surface area contributed by atoms with E-state index < -0.39 is 11.9 Å². The third-order valence-electron chi connectivity index (χ3n) is 2.95. The summed E-state index contributed by atoms with van der Waals surface area (Å²) in [4.78, 5) is 0. The first-order valence-electron chi connectivity index (χ1n) is 5.87. The average molecular weight is 263 g/mol. The van der Waals surface area contributed by atoms with E-state index in [4.69, 9.17) is 10.5 Å². The normalized spacial score (nSPS) is 12.3. The van der Waals surface area contributed by atoms with Gasteiger partial charge in [0, 0.05) is 5.56 Å². The van der Waals surface area contributed by atoms with Crippen LogP contribution in [0.4, 0.5) is 8.78 Å². The highest BCUT2D eigenvalue weighted by Crippen LogP contribution is 2.29. The van der Waals surface area contributed by atoms with Gasteiger partial charge in [0.15, 0.2) is 0 Å². The van der Waals surface area contributed by atoms with Crippen LogP contribution in [-0.4, -0.2) is 7.11 Å². The molecule has 2 nitrogen and oxygen atoms in total. The molecule has 0 fully saturated rings. The topological polar surface area (TPSA) is 35.2 Å². The van der Waals surface area contributed by atoms with Crippen LogP contribution in [0, 0.1) is 18.6 Å². The molecule has 0 amide bonds. The first-order valence-corrected chi connectivity index (χ1v) is 5.87. The zero-order valence-electron chi connectivity index (χ0n) is 10.8. The molecule has 0 saturated carbocycles. The van der Waals surface area contributed by atoms with Crippen molar-refractivity contribution in [3.8, 4) is 5.75 Å². The van der Waals surface area contributed by atoms with Crippen molar-refractivity contribution in [2.24, 2.45) is 5.73 Å². The van der Waals surface area contributed by atoms with Gasteiger partial charge in [-0.1, -0.05) is 6.07 Å². The molecule has 2 rings (SSSR count). The summed E-state index contributed by atoms with van der Waals surface area (Å²) in [7, 11) is 1.49. The molecule has 1 unspecified atom stereocenters. The molecule has 2 N–H and O–H groups in total. The Bertz CT molecular complexity index is 578. The molecule has 0 radical (unpaired) electrons. The molecule has 1 atom stereocenters. The number of hydrogen-bond donors (Lipinski definition) is 1. The molecule has 0 aliphatic heterocycles. The second kappa shape index (κ2) is 5.36. The van der Waals surface area contributed by atoms with Crippen LogP contribution in [-0.2, 0) is 0 Å². The molecule has 2 aromatic rings. The van der Waals surface area contributed by atoms with E-state index in [-0.39, 0.29) is 5.82 Å². The smallest absolute Gasteiger partial charge is 0.124 e. The molecule has 0 saturated heterocycles. The Hall–Kier alpha value is -1.94. The molecule has 0 aliphatic carbocycles. The van der Waals surface area contributed by atoms with E-state index in [2.05, 4.69) is 0 Å². The highest BCUT2D eigenvalue weighted by molar-refractivity contribution is 5.42. The number of aryl methyl sites for hydroxylation is 1. The average Bonchev–Trinajstić information content (AvgIpc) is 2.36. The van der Waals surface area contributed by atoms with Crippen LogP contribution in [0.2, 0.25) is 0 Å². The largest absolute Gasteiger partial charge is 0.496 e. The second-order valence-corrected chi connectivity index (χ2v) is 4.43. The number of ether oxygens (including phenoxy) is 1. The van der Waals surface area contributed by atoms with Gasteiger partial charge in [0.1, 0.15) is 17.4 Å². The van der Waals surface area contributed by atoms with Crippen molar-refractivity contribution in [1.82, 2.24) is 0 Å². The first kappa shape index (κ1) is 13.5. The summed E-state index contributed by atoms with van der Waals surface area (Å²) in [5, 5.41) is 0. The molecule has 0 aliphatic rings. The van der Waals surface area contributed by atoms with Crippen LogP contribution in [0.25, 0.3) is 0 Å². The quantitative estimate of drug-likeness (QED) is 0.921. The van der Waals surface area contributed by atoms with Gasteiger partial charge < -0.3 is 10.5 Å². The SMILES string of the molecule is COc1ccc(F)cc1C(N)c1cc(C)cc(F)c1. The van der Waals surface area contributed by atoms with Gasteiger partial charge in [0.25, 0.3) is 0 Å². The molecule has 4 heteroatoms. The number of rotatable bonds is 3. The van der Waals surface area contributed by atoms with Gasteiger partial charge in [0.2, 0.25) is 0 Å². The number of methoxy groups -OCH3 is 1. The van der Waals surface area contributed by atoms with Crippen molar-refractivity contribution in [3.05, 3.63) is 64.7 Å². The van der Waals surface area contributed by atoms with E-state index >= 15 is 0 Å². The third kappa shape index (κ3) is 2.90. The number of hydrogen-bond acceptors (Lipinski definition) is 2. The van der Waals surface area contributed by atoms with E-state index in [1.165, 1.54) is 37.4 Å². The highest BCUT2D eigenvalue weighted by atomic mass is 19.1. The Morgan fingerprint density at radius 3 is 2.42 bits per heavy atom. The Balaban J connectivity index is 2.48. The maximum Gasteiger partial charge on any atom is 0.124 e. The molecule has 19 heavy (non-hydrogen) atoms. The zero-order valence-corrected chi connectivity index (χ0v) is 10.8. The predicted octanol–water partition coefficient (Wildman–Crippen LogP) is 3.33. The zero-order chi connectivity index (χ0) is 14.0. The summed E-state index contributed by atoms with van der Waals surface area (Å²) in [6, 6.07) is 8.02. The standard InChI is InChI=1S/C15H15F2NO/c1-9-5-10(7-12(17)6-9)15(18)13-8-11(16)3-4-14(13)19-2/h3-8,15H,18H2,1-2H3. The minimum atomic E-state index is -0.639. The fraction of sp³-hybridized carbons (Fsp3) is 0.200. The number of benzene rings is 2. The lowest BCUT2D eigenvalue weighted by molar-refractivity contribution is 0.406. The monoisotopic (exact) mass is 263 g/mol. The second-order valence-electron chi connectivity index (χ2n) is 4.43. The Morgan fingerprint density at radius 2 is 1.79 bits per heavy atom. The van der Waals surface area contributed by atoms with Gasteiger partial charge in [-0.3, -0.25) is 0 Å². The number of nitrogens with two attached hydrogens (primary N) is 1. The van der Waals surface area contributed by atoms with E-state index in [9.17, 15) is 8.78 Å². The van der Waals surface area contributed by atoms with Crippen LogP contribution in [0.3, 0.4) is 0 Å². The van der Waals surface area contributed by atoms with Crippen molar-refractivity contribution in [2.45, 2.75) is 13.0 Å². The summed E-state index contributed by atoms with van der Waals surface area (Å²) < 4.78 is 31.9. The van der Waals surface area contributed by atoms with Crippen LogP contribution in [0.5, 0.6) is 5.75 Å². The molecule has 0 spiro atoms. The molecular weight excluding hydrogens is 248 g/mol. The van der Waals surface area contributed by atoms with E-state index in [0.717, 1.165) is 5.56 Å². The predicted molar refractivity (Wildman–Crippen MR) is 70.1 cm³/mol. The minimum Gasteiger partial charge on any atom is -0.496 e. The Kier molecular flexibility index (Phi) is 3.81. The lowest BCUT2D eigenvalue weighted by Crippen LogP contribution is -2.14. The number of halogens is 2. The molecule has 2 aromatic carbocycles. The van der Waals surface area contributed by atoms with Crippen LogP contribution < -0.4 is 10.5 Å². The Morgan fingerprint density at radius 1 is 1.05 bits per heavy atom. The van der Waals surface area contributed by atoms with Gasteiger partial charge in [-0.05, 0) is 48.4 Å². The maximum atomic E-state index is 13.4.